The number of nitrogens with two attached hydrogens (primary N) is 1. The summed E-state index contributed by atoms with van der Waals surface area (Å²) in [5.41, 5.74) is 6.04. The third-order valence-corrected chi connectivity index (χ3v) is 2.74. The van der Waals surface area contributed by atoms with Crippen molar-refractivity contribution in [1.29, 1.82) is 0 Å². The van der Waals surface area contributed by atoms with Crippen LogP contribution in [0.2, 0.25) is 0 Å². The molecule has 6 heteroatoms. The summed E-state index contributed by atoms with van der Waals surface area (Å²) in [5, 5.41) is 17.7. The number of benzene rings is 1. The van der Waals surface area contributed by atoms with Crippen LogP contribution in [0.4, 0.5) is 0 Å². The zero-order chi connectivity index (χ0) is 15.8. The first-order valence-electron chi connectivity index (χ1n) is 6.17. The smallest absolute Gasteiger partial charge is 0.331 e. The average Bonchev–Trinajstić information content (AvgIpc) is 2.46. The fourth-order valence-corrected chi connectivity index (χ4v) is 1.62. The van der Waals surface area contributed by atoms with Crippen molar-refractivity contribution in [3.05, 3.63) is 47.6 Å². The van der Waals surface area contributed by atoms with Crippen molar-refractivity contribution >= 4 is 18.0 Å². The number of carbonyl (C=O) groups is 2. The largest absolute Gasteiger partial charge is 0.496 e. The van der Waals surface area contributed by atoms with Crippen LogP contribution in [0.3, 0.4) is 0 Å². The number of methoxy groups -OCH3 is 1. The second-order valence-electron chi connectivity index (χ2n) is 4.25. The van der Waals surface area contributed by atoms with Gasteiger partial charge in [-0.25, -0.2) is 4.79 Å². The number of aliphatic carboxylic acids is 2. The second-order valence-corrected chi connectivity index (χ2v) is 4.25. The maximum atomic E-state index is 11.0. The van der Waals surface area contributed by atoms with Gasteiger partial charge >= 0.3 is 11.9 Å². The number of hydrogen-bond donors (Lipinski definition) is 3. The van der Waals surface area contributed by atoms with Crippen LogP contribution in [0, 0.1) is 0 Å². The lowest BCUT2D eigenvalue weighted by Gasteiger charge is -2.06. The highest BCUT2D eigenvalue weighted by atomic mass is 16.5. The molecule has 6 nitrogen and oxygen atoms in total. The van der Waals surface area contributed by atoms with E-state index in [4.69, 9.17) is 20.7 Å². The molecule has 0 aliphatic rings. The molecule has 21 heavy (non-hydrogen) atoms. The number of rotatable bonds is 7. The Bertz CT molecular complexity index is 577. The van der Waals surface area contributed by atoms with Gasteiger partial charge in [-0.15, -0.1) is 0 Å². The number of para-hydroxylation sites is 1. The molecule has 0 amide bonds. The molecule has 0 aliphatic heterocycles. The number of carboxylic acids is 2. The Morgan fingerprint density at radius 1 is 1.33 bits per heavy atom. The average molecular weight is 291 g/mol. The van der Waals surface area contributed by atoms with Crippen LogP contribution in [0.25, 0.3) is 6.08 Å². The highest BCUT2D eigenvalue weighted by molar-refractivity contribution is 5.88. The van der Waals surface area contributed by atoms with Crippen molar-refractivity contribution in [2.45, 2.75) is 12.5 Å². The third kappa shape index (κ3) is 5.12. The summed E-state index contributed by atoms with van der Waals surface area (Å²) >= 11 is 0. The van der Waals surface area contributed by atoms with Crippen molar-refractivity contribution in [2.75, 3.05) is 7.11 Å². The molecular formula is C15H17NO5. The molecule has 0 aliphatic carbocycles. The van der Waals surface area contributed by atoms with E-state index >= 15 is 0 Å². The minimum absolute atomic E-state index is 0.0731. The van der Waals surface area contributed by atoms with Gasteiger partial charge in [0.15, 0.2) is 0 Å². The van der Waals surface area contributed by atoms with Gasteiger partial charge in [0, 0.05) is 17.6 Å². The van der Waals surface area contributed by atoms with Gasteiger partial charge < -0.3 is 20.7 Å². The predicted octanol–water partition coefficient (Wildman–Crippen LogP) is 1.52. The molecule has 0 bridgehead atoms. The van der Waals surface area contributed by atoms with E-state index in [0.29, 0.717) is 5.75 Å². The second kappa shape index (κ2) is 7.86. The Hall–Kier alpha value is -2.60. The van der Waals surface area contributed by atoms with Gasteiger partial charge in [0.2, 0.25) is 0 Å². The highest BCUT2D eigenvalue weighted by Crippen LogP contribution is 2.19. The first kappa shape index (κ1) is 16.5. The Kier molecular flexibility index (Phi) is 6.16. The molecule has 1 aromatic rings. The summed E-state index contributed by atoms with van der Waals surface area (Å²) in [7, 11) is 1.54. The summed E-state index contributed by atoms with van der Waals surface area (Å²) < 4.78 is 5.16. The van der Waals surface area contributed by atoms with Gasteiger partial charge in [0.1, 0.15) is 11.8 Å². The summed E-state index contributed by atoms with van der Waals surface area (Å²) in [6.45, 7) is 0. The van der Waals surface area contributed by atoms with E-state index in [1.165, 1.54) is 19.3 Å². The fourth-order valence-electron chi connectivity index (χ4n) is 1.62. The fraction of sp³-hybridized carbons (Fsp3) is 0.200. The molecule has 1 rings (SSSR count). The molecule has 0 saturated heterocycles. The zero-order valence-corrected chi connectivity index (χ0v) is 11.5. The Morgan fingerprint density at radius 3 is 2.57 bits per heavy atom. The highest BCUT2D eigenvalue weighted by Gasteiger charge is 2.17. The predicted molar refractivity (Wildman–Crippen MR) is 78.0 cm³/mol. The van der Waals surface area contributed by atoms with E-state index in [9.17, 15) is 9.59 Å². The summed E-state index contributed by atoms with van der Waals surface area (Å²) in [5.74, 6) is -1.78. The molecule has 1 aromatic carbocycles. The maximum absolute atomic E-state index is 11.0. The van der Waals surface area contributed by atoms with E-state index in [1.54, 1.807) is 12.1 Å². The maximum Gasteiger partial charge on any atom is 0.331 e. The lowest BCUT2D eigenvalue weighted by molar-refractivity contribution is -0.138. The number of ether oxygens (including phenoxy) is 1. The van der Waals surface area contributed by atoms with Crippen LogP contribution in [0.15, 0.2) is 42.0 Å². The van der Waals surface area contributed by atoms with Crippen LogP contribution >= 0.6 is 0 Å². The zero-order valence-electron chi connectivity index (χ0n) is 11.5. The van der Waals surface area contributed by atoms with Crippen molar-refractivity contribution in [2.24, 2.45) is 5.73 Å². The van der Waals surface area contributed by atoms with Crippen molar-refractivity contribution in [3.63, 3.8) is 0 Å². The normalized spacial score (nSPS) is 13.1. The minimum atomic E-state index is -1.24. The van der Waals surface area contributed by atoms with Crippen molar-refractivity contribution in [3.8, 4) is 5.75 Å². The van der Waals surface area contributed by atoms with Gasteiger partial charge in [0.25, 0.3) is 0 Å². The van der Waals surface area contributed by atoms with Crippen LogP contribution in [0.5, 0.6) is 5.75 Å². The third-order valence-electron chi connectivity index (χ3n) is 2.74. The first-order chi connectivity index (χ1) is 9.95. The van der Waals surface area contributed by atoms with Gasteiger partial charge in [-0.05, 0) is 6.07 Å². The standard InChI is InChI=1S/C15H17NO5/c1-21-13-8-3-2-5-10(13)6-4-7-11(14(17)18)9-12(16)15(19)20/h2-8,12H,9,16H2,1H3,(H,17,18)(H,19,20)/t12-/m0/s1. The Morgan fingerprint density at radius 2 is 2.00 bits per heavy atom. The van der Waals surface area contributed by atoms with Crippen molar-refractivity contribution in [1.82, 2.24) is 0 Å². The molecular weight excluding hydrogens is 274 g/mol. The van der Waals surface area contributed by atoms with Crippen LogP contribution in [-0.4, -0.2) is 35.3 Å². The molecule has 4 N–H and O–H groups in total. The molecule has 0 radical (unpaired) electrons. The lowest BCUT2D eigenvalue weighted by Crippen LogP contribution is -2.31. The number of allylic oxidation sites excluding steroid dienone is 2. The molecule has 112 valence electrons. The van der Waals surface area contributed by atoms with Gasteiger partial charge in [0.05, 0.1) is 7.11 Å². The Labute approximate surface area is 122 Å². The van der Waals surface area contributed by atoms with Gasteiger partial charge in [-0.1, -0.05) is 36.4 Å². The van der Waals surface area contributed by atoms with E-state index in [0.717, 1.165) is 5.56 Å². The minimum Gasteiger partial charge on any atom is -0.496 e. The molecule has 0 heterocycles. The van der Waals surface area contributed by atoms with E-state index in [-0.39, 0.29) is 12.0 Å². The van der Waals surface area contributed by atoms with Crippen LogP contribution < -0.4 is 10.5 Å². The molecule has 0 aromatic heterocycles. The monoisotopic (exact) mass is 291 g/mol. The number of hydrogen-bond acceptors (Lipinski definition) is 4. The summed E-state index contributed by atoms with van der Waals surface area (Å²) in [6.07, 6.45) is 4.28. The topological polar surface area (TPSA) is 110 Å². The van der Waals surface area contributed by atoms with E-state index < -0.39 is 18.0 Å². The van der Waals surface area contributed by atoms with Gasteiger partial charge in [-0.2, -0.15) is 0 Å². The molecule has 0 saturated carbocycles. The van der Waals surface area contributed by atoms with Crippen LogP contribution in [0.1, 0.15) is 12.0 Å². The van der Waals surface area contributed by atoms with Crippen LogP contribution in [-0.2, 0) is 9.59 Å². The Balaban J connectivity index is 2.90. The lowest BCUT2D eigenvalue weighted by atomic mass is 10.1. The molecule has 1 atom stereocenters. The molecule has 0 spiro atoms. The SMILES string of the molecule is COc1ccccc1C=CC=C(C[C@H](N)C(=O)O)C(=O)O. The molecule has 0 unspecified atom stereocenters. The van der Waals surface area contributed by atoms with E-state index in [2.05, 4.69) is 0 Å². The van der Waals surface area contributed by atoms with Crippen molar-refractivity contribution < 1.29 is 24.5 Å². The molecule has 0 fully saturated rings. The first-order valence-corrected chi connectivity index (χ1v) is 6.17. The van der Waals surface area contributed by atoms with Gasteiger partial charge in [-0.3, -0.25) is 4.79 Å². The van der Waals surface area contributed by atoms with E-state index in [1.807, 2.05) is 18.2 Å². The summed E-state index contributed by atoms with van der Waals surface area (Å²) in [6, 6.07) is 5.99. The quantitative estimate of drug-likeness (QED) is 0.519. The number of carboxylic acid groups (broad SMARTS) is 2. The summed E-state index contributed by atoms with van der Waals surface area (Å²) in [4.78, 5) is 21.7.